The van der Waals surface area contributed by atoms with Gasteiger partial charge in [-0.1, -0.05) is 49.2 Å². The van der Waals surface area contributed by atoms with Crippen LogP contribution >= 0.6 is 15.9 Å². The number of amides is 2. The first-order valence-electron chi connectivity index (χ1n) is 11.5. The average Bonchev–Trinajstić information content (AvgIpc) is 3.33. The van der Waals surface area contributed by atoms with Crippen LogP contribution in [0.4, 0.5) is 26.7 Å². The summed E-state index contributed by atoms with van der Waals surface area (Å²) in [5.74, 6) is -1.69. The molecule has 0 radical (unpaired) electrons. The molecular formula is C27H24BrF5N2O. The number of rotatable bonds is 6. The number of carbonyl (C=O) groups is 1. The van der Waals surface area contributed by atoms with Crippen molar-refractivity contribution >= 4 is 22.0 Å². The summed E-state index contributed by atoms with van der Waals surface area (Å²) in [4.78, 5) is 13.2. The van der Waals surface area contributed by atoms with Gasteiger partial charge in [0.25, 0.3) is 0 Å². The Morgan fingerprint density at radius 3 is 2.19 bits per heavy atom. The molecule has 3 nitrogen and oxygen atoms in total. The number of hydrogen-bond donors (Lipinski definition) is 2. The highest BCUT2D eigenvalue weighted by Gasteiger charge is 2.40. The van der Waals surface area contributed by atoms with Gasteiger partial charge in [0.1, 0.15) is 11.6 Å². The number of alkyl halides is 3. The predicted octanol–water partition coefficient (Wildman–Crippen LogP) is 7.47. The molecule has 0 aliphatic heterocycles. The van der Waals surface area contributed by atoms with E-state index >= 15 is 0 Å². The lowest BCUT2D eigenvalue weighted by molar-refractivity contribution is -0.137. The molecule has 0 bridgehead atoms. The fourth-order valence-electron chi connectivity index (χ4n) is 4.71. The van der Waals surface area contributed by atoms with Gasteiger partial charge in [0.2, 0.25) is 0 Å². The first kappa shape index (κ1) is 26.1. The second kappa shape index (κ2) is 10.6. The Morgan fingerprint density at radius 1 is 0.889 bits per heavy atom. The molecule has 3 aromatic carbocycles. The third kappa shape index (κ3) is 5.88. The minimum atomic E-state index is -4.81. The van der Waals surface area contributed by atoms with E-state index in [2.05, 4.69) is 26.6 Å². The molecule has 0 saturated heterocycles. The summed E-state index contributed by atoms with van der Waals surface area (Å²) >= 11 is 3.14. The molecule has 0 heterocycles. The molecule has 0 spiro atoms. The number of urea groups is 1. The predicted molar refractivity (Wildman–Crippen MR) is 130 cm³/mol. The van der Waals surface area contributed by atoms with E-state index in [1.165, 1.54) is 12.1 Å². The maximum Gasteiger partial charge on any atom is 0.416 e. The van der Waals surface area contributed by atoms with Crippen LogP contribution in [-0.4, -0.2) is 12.1 Å². The van der Waals surface area contributed by atoms with E-state index in [4.69, 9.17) is 0 Å². The van der Waals surface area contributed by atoms with Gasteiger partial charge in [-0.3, -0.25) is 0 Å². The zero-order chi connectivity index (χ0) is 25.9. The normalized spacial score (nSPS) is 15.9. The van der Waals surface area contributed by atoms with Gasteiger partial charge in [-0.2, -0.15) is 13.2 Å². The summed E-state index contributed by atoms with van der Waals surface area (Å²) in [6.45, 7) is 0. The number of benzene rings is 3. The first-order chi connectivity index (χ1) is 17.1. The van der Waals surface area contributed by atoms with Crippen LogP contribution in [0.3, 0.4) is 0 Å². The van der Waals surface area contributed by atoms with Crippen LogP contribution in [0.15, 0.2) is 71.2 Å². The van der Waals surface area contributed by atoms with Crippen molar-refractivity contribution in [2.75, 3.05) is 0 Å². The Morgan fingerprint density at radius 2 is 1.56 bits per heavy atom. The minimum Gasteiger partial charge on any atom is -0.335 e. The maximum absolute atomic E-state index is 14.7. The summed E-state index contributed by atoms with van der Waals surface area (Å²) in [5, 5.41) is 5.76. The Bertz CT molecular complexity index is 1230. The zero-order valence-corrected chi connectivity index (χ0v) is 20.7. The molecule has 1 aliphatic rings. The monoisotopic (exact) mass is 566 g/mol. The van der Waals surface area contributed by atoms with E-state index in [0.29, 0.717) is 17.2 Å². The van der Waals surface area contributed by atoms with E-state index in [1.54, 1.807) is 30.3 Å². The van der Waals surface area contributed by atoms with Gasteiger partial charge in [-0.25, -0.2) is 13.6 Å². The summed E-state index contributed by atoms with van der Waals surface area (Å²) in [6.07, 6.45) is -1.32. The van der Waals surface area contributed by atoms with Crippen LogP contribution < -0.4 is 10.6 Å². The largest absolute Gasteiger partial charge is 0.416 e. The molecule has 4 rings (SSSR count). The van der Waals surface area contributed by atoms with Crippen molar-refractivity contribution in [1.82, 2.24) is 10.6 Å². The number of carbonyl (C=O) groups excluding carboxylic acids is 1. The van der Waals surface area contributed by atoms with Gasteiger partial charge in [-0.05, 0) is 75.8 Å². The van der Waals surface area contributed by atoms with Crippen molar-refractivity contribution in [1.29, 1.82) is 0 Å². The Kier molecular flexibility index (Phi) is 7.68. The van der Waals surface area contributed by atoms with Crippen LogP contribution in [0.5, 0.6) is 0 Å². The molecule has 1 aliphatic carbocycles. The SMILES string of the molecule is O=C(NC1CCCC1)N[C@](Cc1ccccc1)(c1cc(F)cc(C(F)(F)F)c1)c1ccc(F)c(Br)c1. The molecular weight excluding hydrogens is 543 g/mol. The maximum atomic E-state index is 14.7. The van der Waals surface area contributed by atoms with E-state index in [-0.39, 0.29) is 22.5 Å². The second-order valence-electron chi connectivity index (χ2n) is 9.00. The van der Waals surface area contributed by atoms with E-state index in [1.807, 2.05) is 0 Å². The van der Waals surface area contributed by atoms with E-state index in [0.717, 1.165) is 43.9 Å². The van der Waals surface area contributed by atoms with Crippen molar-refractivity contribution in [3.63, 3.8) is 0 Å². The topological polar surface area (TPSA) is 41.1 Å². The van der Waals surface area contributed by atoms with Crippen LogP contribution in [-0.2, 0) is 18.1 Å². The quantitative estimate of drug-likeness (QED) is 0.298. The third-order valence-electron chi connectivity index (χ3n) is 6.46. The van der Waals surface area contributed by atoms with E-state index in [9.17, 15) is 26.7 Å². The van der Waals surface area contributed by atoms with Gasteiger partial charge >= 0.3 is 12.2 Å². The Balaban J connectivity index is 1.92. The fourth-order valence-corrected chi connectivity index (χ4v) is 5.09. The molecule has 9 heteroatoms. The highest BCUT2D eigenvalue weighted by Crippen LogP contribution is 2.39. The molecule has 1 fully saturated rings. The molecule has 0 unspecified atom stereocenters. The highest BCUT2D eigenvalue weighted by molar-refractivity contribution is 9.10. The van der Waals surface area contributed by atoms with Crippen LogP contribution in [0, 0.1) is 11.6 Å². The van der Waals surface area contributed by atoms with Crippen molar-refractivity contribution in [2.24, 2.45) is 0 Å². The fraction of sp³-hybridized carbons (Fsp3) is 0.296. The van der Waals surface area contributed by atoms with E-state index < -0.39 is 34.9 Å². The minimum absolute atomic E-state index is 0.00918. The zero-order valence-electron chi connectivity index (χ0n) is 19.1. The summed E-state index contributed by atoms with van der Waals surface area (Å²) < 4.78 is 70.0. The van der Waals surface area contributed by atoms with Crippen LogP contribution in [0.1, 0.15) is 47.9 Å². The molecule has 1 atom stereocenters. The average molecular weight is 567 g/mol. The van der Waals surface area contributed by atoms with Crippen LogP contribution in [0.25, 0.3) is 0 Å². The Hall–Kier alpha value is -2.94. The Labute approximate surface area is 214 Å². The molecule has 0 aromatic heterocycles. The van der Waals surface area contributed by atoms with Gasteiger partial charge in [0, 0.05) is 12.5 Å². The summed E-state index contributed by atoms with van der Waals surface area (Å²) in [6, 6.07) is 14.3. The van der Waals surface area contributed by atoms with Gasteiger partial charge in [-0.15, -0.1) is 0 Å². The van der Waals surface area contributed by atoms with Gasteiger partial charge < -0.3 is 10.6 Å². The molecule has 190 valence electrons. The molecule has 36 heavy (non-hydrogen) atoms. The molecule has 3 aromatic rings. The first-order valence-corrected chi connectivity index (χ1v) is 12.3. The van der Waals surface area contributed by atoms with Crippen LogP contribution in [0.2, 0.25) is 0 Å². The van der Waals surface area contributed by atoms with Crippen molar-refractivity contribution < 1.29 is 26.7 Å². The lowest BCUT2D eigenvalue weighted by Gasteiger charge is -2.37. The number of nitrogens with one attached hydrogen (secondary N) is 2. The summed E-state index contributed by atoms with van der Waals surface area (Å²) in [7, 11) is 0. The summed E-state index contributed by atoms with van der Waals surface area (Å²) in [5.41, 5.74) is -1.98. The lowest BCUT2D eigenvalue weighted by Crippen LogP contribution is -2.53. The van der Waals surface area contributed by atoms with Crippen molar-refractivity contribution in [3.05, 3.63) is 105 Å². The number of halogens is 6. The standard InChI is InChI=1S/C27H24BrF5N2O/c28-23-15-18(10-11-24(23)30)26(16-17-6-2-1-3-7-17,35-25(36)34-22-8-4-5-9-22)19-12-20(27(31,32)33)14-21(29)13-19/h1-3,6-7,10-15,22H,4-5,8-9,16H2,(H2,34,35,36)/t26-/m0/s1. The van der Waals surface area contributed by atoms with Crippen molar-refractivity contribution in [2.45, 2.75) is 49.9 Å². The third-order valence-corrected chi connectivity index (χ3v) is 7.07. The second-order valence-corrected chi connectivity index (χ2v) is 9.86. The van der Waals surface area contributed by atoms with Gasteiger partial charge in [0.15, 0.2) is 0 Å². The van der Waals surface area contributed by atoms with Crippen molar-refractivity contribution in [3.8, 4) is 0 Å². The van der Waals surface area contributed by atoms with Gasteiger partial charge in [0.05, 0.1) is 15.6 Å². The molecule has 2 N–H and O–H groups in total. The lowest BCUT2D eigenvalue weighted by atomic mass is 9.77. The smallest absolute Gasteiger partial charge is 0.335 e. The molecule has 1 saturated carbocycles. The molecule has 2 amide bonds. The number of hydrogen-bond acceptors (Lipinski definition) is 1. The highest BCUT2D eigenvalue weighted by atomic mass is 79.9.